The molecule has 104 valence electrons. The van der Waals surface area contributed by atoms with E-state index in [2.05, 4.69) is 15.9 Å². The Hall–Kier alpha value is -0.670. The predicted octanol–water partition coefficient (Wildman–Crippen LogP) is 1.09. The molecule has 0 fully saturated rings. The Morgan fingerprint density at radius 2 is 2.00 bits per heavy atom. The minimum atomic E-state index is 0. The molecule has 0 bridgehead atoms. The van der Waals surface area contributed by atoms with Crippen molar-refractivity contribution in [2.75, 3.05) is 14.2 Å². The first-order chi connectivity index (χ1) is 9.03. The van der Waals surface area contributed by atoms with E-state index in [0.29, 0.717) is 5.75 Å². The van der Waals surface area contributed by atoms with Crippen LogP contribution in [0.15, 0.2) is 28.6 Å². The predicted molar refractivity (Wildman–Crippen MR) is 77.2 cm³/mol. The summed E-state index contributed by atoms with van der Waals surface area (Å²) in [6.07, 6.45) is 1.27. The van der Waals surface area contributed by atoms with Gasteiger partial charge in [-0.05, 0) is 34.0 Å². The number of benzene rings is 1. The SMILES string of the molecule is COC=C(C#N)Oc1cc(Br)c(OC)cc1C(C)C.[H-].[Na+]. The van der Waals surface area contributed by atoms with Crippen molar-refractivity contribution in [3.8, 4) is 17.6 Å². The third kappa shape index (κ3) is 5.02. The second-order valence-electron chi connectivity index (χ2n) is 4.11. The average molecular weight is 350 g/mol. The van der Waals surface area contributed by atoms with Crippen molar-refractivity contribution in [3.63, 3.8) is 0 Å². The van der Waals surface area contributed by atoms with Crippen LogP contribution < -0.4 is 39.0 Å². The second kappa shape index (κ2) is 9.30. The first-order valence-corrected chi connectivity index (χ1v) is 6.51. The van der Waals surface area contributed by atoms with E-state index in [1.807, 2.05) is 26.0 Å². The fourth-order valence-electron chi connectivity index (χ4n) is 1.55. The third-order valence-corrected chi connectivity index (χ3v) is 3.08. The maximum atomic E-state index is 8.96. The summed E-state index contributed by atoms with van der Waals surface area (Å²) in [5, 5.41) is 8.96. The molecule has 0 saturated carbocycles. The first-order valence-electron chi connectivity index (χ1n) is 5.71. The molecule has 0 spiro atoms. The number of methoxy groups -OCH3 is 2. The Bertz CT molecular complexity index is 530. The van der Waals surface area contributed by atoms with Crippen molar-refractivity contribution in [2.45, 2.75) is 19.8 Å². The number of nitriles is 1. The summed E-state index contributed by atoms with van der Waals surface area (Å²) in [5.41, 5.74) is 0.956. The van der Waals surface area contributed by atoms with Crippen molar-refractivity contribution >= 4 is 15.9 Å². The molecule has 1 aromatic rings. The Labute approximate surface area is 151 Å². The Morgan fingerprint density at radius 1 is 1.35 bits per heavy atom. The van der Waals surface area contributed by atoms with Gasteiger partial charge in [0, 0.05) is 5.56 Å². The van der Waals surface area contributed by atoms with Gasteiger partial charge in [-0.25, -0.2) is 0 Å². The molecule has 0 aliphatic rings. The molecule has 0 unspecified atom stereocenters. The molecule has 0 amide bonds. The van der Waals surface area contributed by atoms with E-state index >= 15 is 0 Å². The topological polar surface area (TPSA) is 51.5 Å². The van der Waals surface area contributed by atoms with Crippen LogP contribution in [0.2, 0.25) is 0 Å². The molecule has 0 N–H and O–H groups in total. The zero-order valence-electron chi connectivity index (χ0n) is 13.4. The summed E-state index contributed by atoms with van der Waals surface area (Å²) in [7, 11) is 3.07. The quantitative estimate of drug-likeness (QED) is 0.453. The molecular weight excluding hydrogens is 333 g/mol. The van der Waals surface area contributed by atoms with E-state index in [9.17, 15) is 0 Å². The number of ether oxygens (including phenoxy) is 3. The zero-order valence-corrected chi connectivity index (χ0v) is 15.9. The van der Waals surface area contributed by atoms with Crippen molar-refractivity contribution < 1.29 is 45.2 Å². The second-order valence-corrected chi connectivity index (χ2v) is 4.97. The van der Waals surface area contributed by atoms with Gasteiger partial charge >= 0.3 is 29.6 Å². The van der Waals surface area contributed by atoms with Crippen LogP contribution in [0.3, 0.4) is 0 Å². The third-order valence-electron chi connectivity index (χ3n) is 2.46. The van der Waals surface area contributed by atoms with E-state index in [1.54, 1.807) is 13.2 Å². The van der Waals surface area contributed by atoms with Gasteiger partial charge in [-0.3, -0.25) is 0 Å². The molecule has 0 aromatic heterocycles. The summed E-state index contributed by atoms with van der Waals surface area (Å²) >= 11 is 3.40. The number of allylic oxidation sites excluding steroid dienone is 1. The van der Waals surface area contributed by atoms with Crippen LogP contribution in [0.4, 0.5) is 0 Å². The monoisotopic (exact) mass is 349 g/mol. The van der Waals surface area contributed by atoms with Crippen LogP contribution in [0.1, 0.15) is 26.8 Å². The van der Waals surface area contributed by atoms with E-state index in [0.717, 1.165) is 15.8 Å². The number of rotatable bonds is 5. The minimum Gasteiger partial charge on any atom is -1.00 e. The summed E-state index contributed by atoms with van der Waals surface area (Å²) in [4.78, 5) is 0. The van der Waals surface area contributed by atoms with Crippen LogP contribution in [-0.2, 0) is 4.74 Å². The smallest absolute Gasteiger partial charge is 1.00 e. The minimum absolute atomic E-state index is 0. The van der Waals surface area contributed by atoms with Crippen molar-refractivity contribution in [1.29, 1.82) is 5.26 Å². The van der Waals surface area contributed by atoms with Gasteiger partial charge in [0.25, 0.3) is 0 Å². The molecule has 0 atom stereocenters. The van der Waals surface area contributed by atoms with E-state index in [4.69, 9.17) is 19.5 Å². The maximum Gasteiger partial charge on any atom is 1.00 e. The molecule has 6 heteroatoms. The molecule has 0 heterocycles. The van der Waals surface area contributed by atoms with Crippen molar-refractivity contribution in [2.24, 2.45) is 0 Å². The number of hydrogen-bond donors (Lipinski definition) is 0. The Balaban J connectivity index is 0. The van der Waals surface area contributed by atoms with Crippen LogP contribution >= 0.6 is 15.9 Å². The average Bonchev–Trinajstić information content (AvgIpc) is 2.38. The summed E-state index contributed by atoms with van der Waals surface area (Å²) in [5.74, 6) is 1.67. The molecule has 1 rings (SSSR count). The molecule has 1 aromatic carbocycles. The van der Waals surface area contributed by atoms with Gasteiger partial charge in [0.15, 0.2) is 0 Å². The zero-order chi connectivity index (χ0) is 14.4. The Kier molecular flexibility index (Phi) is 8.99. The summed E-state index contributed by atoms with van der Waals surface area (Å²) in [6, 6.07) is 5.61. The fourth-order valence-corrected chi connectivity index (χ4v) is 2.03. The first kappa shape index (κ1) is 19.3. The fraction of sp³-hybridized carbons (Fsp3) is 0.357. The standard InChI is InChI=1S/C14H16BrNO3.Na.H/c1-9(2)11-5-14(18-4)12(15)6-13(11)19-10(7-16)8-17-3;;/h5-6,8-9H,1-4H3;;/q;+1;-1. The Morgan fingerprint density at radius 3 is 2.45 bits per heavy atom. The summed E-state index contributed by atoms with van der Waals surface area (Å²) in [6.45, 7) is 4.09. The molecular formula is C14H17BrNNaO3. The van der Waals surface area contributed by atoms with Crippen LogP contribution in [0.25, 0.3) is 0 Å². The molecule has 4 nitrogen and oxygen atoms in total. The van der Waals surface area contributed by atoms with Gasteiger partial charge in [0.05, 0.1) is 18.7 Å². The van der Waals surface area contributed by atoms with Crippen LogP contribution in [-0.4, -0.2) is 14.2 Å². The number of halogens is 1. The molecule has 20 heavy (non-hydrogen) atoms. The molecule has 0 radical (unpaired) electrons. The molecule has 0 aliphatic carbocycles. The van der Waals surface area contributed by atoms with Gasteiger partial charge in [0.2, 0.25) is 5.76 Å². The van der Waals surface area contributed by atoms with Crippen LogP contribution in [0.5, 0.6) is 11.5 Å². The van der Waals surface area contributed by atoms with Crippen molar-refractivity contribution in [1.82, 2.24) is 0 Å². The largest absolute Gasteiger partial charge is 1.00 e. The molecule has 0 aliphatic heterocycles. The summed E-state index contributed by atoms with van der Waals surface area (Å²) < 4.78 is 16.4. The normalized spacial score (nSPS) is 10.6. The van der Waals surface area contributed by atoms with E-state index < -0.39 is 0 Å². The number of hydrogen-bond acceptors (Lipinski definition) is 4. The van der Waals surface area contributed by atoms with E-state index in [1.165, 1.54) is 13.4 Å². The van der Waals surface area contributed by atoms with Crippen LogP contribution in [0, 0.1) is 11.3 Å². The molecule has 0 saturated heterocycles. The number of nitrogens with zero attached hydrogens (tertiary/aromatic N) is 1. The van der Waals surface area contributed by atoms with Crippen molar-refractivity contribution in [3.05, 3.63) is 34.2 Å². The van der Waals surface area contributed by atoms with Gasteiger partial charge < -0.3 is 15.6 Å². The van der Waals surface area contributed by atoms with Gasteiger partial charge in [-0.2, -0.15) is 5.26 Å². The van der Waals surface area contributed by atoms with Gasteiger partial charge in [0.1, 0.15) is 23.8 Å². The van der Waals surface area contributed by atoms with E-state index in [-0.39, 0.29) is 42.7 Å². The maximum absolute atomic E-state index is 8.96. The van der Waals surface area contributed by atoms with Gasteiger partial charge in [-0.1, -0.05) is 13.8 Å². The van der Waals surface area contributed by atoms with Gasteiger partial charge in [-0.15, -0.1) is 0 Å².